The summed E-state index contributed by atoms with van der Waals surface area (Å²) in [6.07, 6.45) is -0.141. The number of hydrogen-bond acceptors (Lipinski definition) is 3. The van der Waals surface area contributed by atoms with E-state index in [1.54, 1.807) is 34.6 Å². The van der Waals surface area contributed by atoms with Gasteiger partial charge in [-0.25, -0.2) is 4.79 Å². The highest BCUT2D eigenvalue weighted by molar-refractivity contribution is 5.94. The Morgan fingerprint density at radius 3 is 1.89 bits per heavy atom. The van der Waals surface area contributed by atoms with E-state index in [0.717, 1.165) is 0 Å². The number of amides is 3. The van der Waals surface area contributed by atoms with Crippen LogP contribution in [0.2, 0.25) is 0 Å². The lowest BCUT2D eigenvalue weighted by Gasteiger charge is -2.23. The zero-order valence-electron chi connectivity index (χ0n) is 11.6. The number of carboxylic acid groups (broad SMARTS) is 1. The third-order valence-electron chi connectivity index (χ3n) is 2.01. The smallest absolute Gasteiger partial charge is 0.321 e. The van der Waals surface area contributed by atoms with Crippen molar-refractivity contribution < 1.29 is 19.5 Å². The van der Waals surface area contributed by atoms with Gasteiger partial charge in [-0.2, -0.15) is 0 Å². The summed E-state index contributed by atoms with van der Waals surface area (Å²) in [5.41, 5.74) is -1.11. The van der Waals surface area contributed by atoms with E-state index in [9.17, 15) is 14.4 Å². The summed E-state index contributed by atoms with van der Waals surface area (Å²) in [5, 5.41) is 13.5. The number of carbonyl (C=O) groups is 3. The molecule has 0 aliphatic heterocycles. The monoisotopic (exact) mass is 258 g/mol. The van der Waals surface area contributed by atoms with E-state index in [-0.39, 0.29) is 12.8 Å². The first kappa shape index (κ1) is 16.4. The molecule has 0 saturated carbocycles. The molecular formula is C12H22N2O4. The minimum atomic E-state index is -0.966. The zero-order chi connectivity index (χ0) is 14.6. The van der Waals surface area contributed by atoms with Gasteiger partial charge in [-0.05, 0) is 26.2 Å². The van der Waals surface area contributed by atoms with E-state index in [2.05, 4.69) is 10.6 Å². The molecule has 0 unspecified atom stereocenters. The highest BCUT2D eigenvalue weighted by Gasteiger charge is 2.26. The largest absolute Gasteiger partial charge is 0.481 e. The second-order valence-electron chi connectivity index (χ2n) is 6.16. The Hall–Kier alpha value is -1.59. The van der Waals surface area contributed by atoms with Crippen LogP contribution in [0.4, 0.5) is 4.79 Å². The van der Waals surface area contributed by atoms with Gasteiger partial charge in [0.2, 0.25) is 5.91 Å². The van der Waals surface area contributed by atoms with E-state index in [1.807, 2.05) is 0 Å². The van der Waals surface area contributed by atoms with Crippen LogP contribution in [0, 0.1) is 5.41 Å². The molecule has 0 atom stereocenters. The fourth-order valence-electron chi connectivity index (χ4n) is 1.45. The first-order chi connectivity index (χ1) is 7.91. The van der Waals surface area contributed by atoms with Crippen molar-refractivity contribution in [1.82, 2.24) is 10.6 Å². The number of hydrogen-bond donors (Lipinski definition) is 3. The molecule has 0 aliphatic carbocycles. The average molecular weight is 258 g/mol. The average Bonchev–Trinajstić information content (AvgIpc) is 1.92. The lowest BCUT2D eigenvalue weighted by atomic mass is 9.85. The van der Waals surface area contributed by atoms with Gasteiger partial charge in [0.25, 0.3) is 0 Å². The second kappa shape index (κ2) is 5.84. The summed E-state index contributed by atoms with van der Waals surface area (Å²) < 4.78 is 0. The Balaban J connectivity index is 4.27. The van der Waals surface area contributed by atoms with Crippen LogP contribution in [0.15, 0.2) is 0 Å². The Morgan fingerprint density at radius 1 is 1.00 bits per heavy atom. The molecule has 0 aromatic heterocycles. The molecule has 3 amide bonds. The van der Waals surface area contributed by atoms with Crippen molar-refractivity contribution in [2.75, 3.05) is 0 Å². The highest BCUT2D eigenvalue weighted by Crippen LogP contribution is 2.24. The molecule has 0 fully saturated rings. The number of nitrogens with one attached hydrogen (secondary N) is 2. The summed E-state index contributed by atoms with van der Waals surface area (Å²) in [4.78, 5) is 33.6. The maximum Gasteiger partial charge on any atom is 0.321 e. The van der Waals surface area contributed by atoms with E-state index in [0.29, 0.717) is 0 Å². The summed E-state index contributed by atoms with van der Waals surface area (Å²) in [7, 11) is 0. The van der Waals surface area contributed by atoms with Crippen molar-refractivity contribution in [3.63, 3.8) is 0 Å². The van der Waals surface area contributed by atoms with Gasteiger partial charge in [-0.3, -0.25) is 14.9 Å². The molecule has 0 radical (unpaired) electrons. The molecule has 104 valence electrons. The van der Waals surface area contributed by atoms with Gasteiger partial charge in [0.15, 0.2) is 0 Å². The fourth-order valence-corrected chi connectivity index (χ4v) is 1.45. The first-order valence-electron chi connectivity index (χ1n) is 5.75. The Labute approximate surface area is 107 Å². The van der Waals surface area contributed by atoms with Crippen LogP contribution in [0.3, 0.4) is 0 Å². The predicted molar refractivity (Wildman–Crippen MR) is 67.1 cm³/mol. The molecule has 0 heterocycles. The van der Waals surface area contributed by atoms with Crippen molar-refractivity contribution in [3.8, 4) is 0 Å². The number of imide groups is 1. The number of aliphatic carboxylic acids is 1. The minimum Gasteiger partial charge on any atom is -0.481 e. The Morgan fingerprint density at radius 2 is 1.50 bits per heavy atom. The second-order valence-corrected chi connectivity index (χ2v) is 6.16. The van der Waals surface area contributed by atoms with Crippen LogP contribution >= 0.6 is 0 Å². The zero-order valence-corrected chi connectivity index (χ0v) is 11.6. The maximum atomic E-state index is 11.6. The lowest BCUT2D eigenvalue weighted by molar-refractivity contribution is -0.139. The van der Waals surface area contributed by atoms with Gasteiger partial charge in [0, 0.05) is 12.0 Å². The summed E-state index contributed by atoms with van der Waals surface area (Å²) >= 11 is 0. The van der Waals surface area contributed by atoms with Crippen LogP contribution in [-0.2, 0) is 9.59 Å². The third kappa shape index (κ3) is 8.55. The first-order valence-corrected chi connectivity index (χ1v) is 5.75. The molecule has 6 nitrogen and oxygen atoms in total. The molecule has 6 heteroatoms. The molecule has 0 saturated heterocycles. The Bertz CT molecular complexity index is 342. The topological polar surface area (TPSA) is 95.5 Å². The number of carbonyl (C=O) groups excluding carboxylic acids is 2. The lowest BCUT2D eigenvalue weighted by Crippen LogP contribution is -2.48. The van der Waals surface area contributed by atoms with Gasteiger partial charge >= 0.3 is 12.0 Å². The molecule has 0 aromatic rings. The van der Waals surface area contributed by atoms with Crippen LogP contribution in [0.25, 0.3) is 0 Å². The van der Waals surface area contributed by atoms with Crippen LogP contribution in [-0.4, -0.2) is 28.6 Å². The SMILES string of the molecule is CC(C)(CC(=O)O)CC(=O)NC(=O)NC(C)(C)C. The van der Waals surface area contributed by atoms with Gasteiger partial charge < -0.3 is 10.4 Å². The quantitative estimate of drug-likeness (QED) is 0.712. The van der Waals surface area contributed by atoms with E-state index in [4.69, 9.17) is 5.11 Å². The minimum absolute atomic E-state index is 0.0170. The molecule has 0 aromatic carbocycles. The van der Waals surface area contributed by atoms with Gasteiger partial charge in [0.05, 0.1) is 6.42 Å². The fraction of sp³-hybridized carbons (Fsp3) is 0.750. The molecule has 3 N–H and O–H groups in total. The molecule has 0 spiro atoms. The molecule has 0 bridgehead atoms. The number of carboxylic acids is 1. The van der Waals surface area contributed by atoms with Crippen LogP contribution in [0.1, 0.15) is 47.5 Å². The van der Waals surface area contributed by atoms with E-state index in [1.165, 1.54) is 0 Å². The van der Waals surface area contributed by atoms with Gasteiger partial charge in [-0.1, -0.05) is 13.8 Å². The highest BCUT2D eigenvalue weighted by atomic mass is 16.4. The van der Waals surface area contributed by atoms with Crippen molar-refractivity contribution >= 4 is 17.9 Å². The number of rotatable bonds is 4. The van der Waals surface area contributed by atoms with Crippen molar-refractivity contribution in [1.29, 1.82) is 0 Å². The summed E-state index contributed by atoms with van der Waals surface area (Å²) in [6, 6.07) is -0.571. The molecule has 0 rings (SSSR count). The van der Waals surface area contributed by atoms with E-state index >= 15 is 0 Å². The van der Waals surface area contributed by atoms with Crippen LogP contribution in [0.5, 0.6) is 0 Å². The number of urea groups is 1. The third-order valence-corrected chi connectivity index (χ3v) is 2.01. The predicted octanol–water partition coefficient (Wildman–Crippen LogP) is 1.50. The van der Waals surface area contributed by atoms with Gasteiger partial charge in [-0.15, -0.1) is 0 Å². The van der Waals surface area contributed by atoms with Crippen LogP contribution < -0.4 is 10.6 Å². The van der Waals surface area contributed by atoms with Crippen molar-refractivity contribution in [3.05, 3.63) is 0 Å². The molecule has 0 aliphatic rings. The van der Waals surface area contributed by atoms with Crippen molar-refractivity contribution in [2.45, 2.75) is 53.0 Å². The molecule has 18 heavy (non-hydrogen) atoms. The Kier molecular flexibility index (Phi) is 5.32. The normalized spacial score (nSPS) is 11.8. The van der Waals surface area contributed by atoms with Gasteiger partial charge in [0.1, 0.15) is 0 Å². The maximum absolute atomic E-state index is 11.6. The van der Waals surface area contributed by atoms with Crippen molar-refractivity contribution in [2.24, 2.45) is 5.41 Å². The standard InChI is InChI=1S/C12H22N2O4/c1-11(2,3)14-10(18)13-8(15)6-12(4,5)7-9(16)17/h6-7H2,1-5H3,(H,16,17)(H2,13,14,15,18). The summed E-state index contributed by atoms with van der Waals surface area (Å²) in [5.74, 6) is -1.45. The van der Waals surface area contributed by atoms with E-state index < -0.39 is 28.9 Å². The molecular weight excluding hydrogens is 236 g/mol. The summed E-state index contributed by atoms with van der Waals surface area (Å²) in [6.45, 7) is 8.73.